The van der Waals surface area contributed by atoms with E-state index < -0.39 is 0 Å². The van der Waals surface area contributed by atoms with Crippen molar-refractivity contribution < 1.29 is 4.74 Å². The van der Waals surface area contributed by atoms with Crippen LogP contribution in [0.5, 0.6) is 11.5 Å². The van der Waals surface area contributed by atoms with Crippen molar-refractivity contribution in [3.8, 4) is 22.6 Å². The zero-order chi connectivity index (χ0) is 13.8. The minimum absolute atomic E-state index is 0.845. The lowest BCUT2D eigenvalue weighted by Crippen LogP contribution is -1.85. The summed E-state index contributed by atoms with van der Waals surface area (Å²) in [6.45, 7) is 2.07. The van der Waals surface area contributed by atoms with E-state index in [9.17, 15) is 0 Å². The Morgan fingerprint density at radius 3 is 2.15 bits per heavy atom. The van der Waals surface area contributed by atoms with Gasteiger partial charge in [-0.25, -0.2) is 0 Å². The summed E-state index contributed by atoms with van der Waals surface area (Å²) in [4.78, 5) is 0. The van der Waals surface area contributed by atoms with E-state index in [2.05, 4.69) is 31.2 Å². The molecule has 0 spiro atoms. The lowest BCUT2D eigenvalue weighted by atomic mass is 10.0. The number of hydrogen-bond donors (Lipinski definition) is 0. The van der Waals surface area contributed by atoms with Crippen LogP contribution < -0.4 is 4.74 Å². The molecule has 0 saturated carbocycles. The number of ether oxygens (including phenoxy) is 1. The van der Waals surface area contributed by atoms with Gasteiger partial charge in [-0.2, -0.15) is 0 Å². The van der Waals surface area contributed by atoms with Gasteiger partial charge in [-0.05, 0) is 53.9 Å². The van der Waals surface area contributed by atoms with E-state index in [-0.39, 0.29) is 0 Å². The molecule has 0 aromatic heterocycles. The topological polar surface area (TPSA) is 9.23 Å². The fourth-order valence-corrected chi connectivity index (χ4v) is 2.16. The van der Waals surface area contributed by atoms with Gasteiger partial charge in [-0.15, -0.1) is 0 Å². The molecule has 1 heteroatoms. The van der Waals surface area contributed by atoms with Crippen molar-refractivity contribution in [1.29, 1.82) is 0 Å². The molecule has 0 atom stereocenters. The van der Waals surface area contributed by atoms with Crippen LogP contribution in [0.2, 0.25) is 0 Å². The van der Waals surface area contributed by atoms with Crippen molar-refractivity contribution >= 4 is 0 Å². The number of rotatable bonds is 3. The Labute approximate surface area is 119 Å². The average Bonchev–Trinajstić information content (AvgIpc) is 2.50. The van der Waals surface area contributed by atoms with Crippen molar-refractivity contribution in [2.75, 3.05) is 0 Å². The van der Waals surface area contributed by atoms with E-state index in [4.69, 9.17) is 4.74 Å². The maximum Gasteiger partial charge on any atom is 0.127 e. The molecule has 0 unspecified atom stereocenters. The molecule has 3 aromatic rings. The molecule has 3 rings (SSSR count). The SMILES string of the molecule is Cc1[c]cccc1-c1ccc(Oc2ccccc2)cc1. The average molecular weight is 259 g/mol. The molecule has 0 saturated heterocycles. The van der Waals surface area contributed by atoms with E-state index in [0.29, 0.717) is 0 Å². The van der Waals surface area contributed by atoms with E-state index in [1.807, 2.05) is 54.6 Å². The second kappa shape index (κ2) is 5.62. The highest BCUT2D eigenvalue weighted by molar-refractivity contribution is 5.67. The molecular formula is C19H15O. The third-order valence-corrected chi connectivity index (χ3v) is 3.21. The van der Waals surface area contributed by atoms with Crippen molar-refractivity contribution in [3.05, 3.63) is 84.4 Å². The number of hydrogen-bond acceptors (Lipinski definition) is 1. The summed E-state index contributed by atoms with van der Waals surface area (Å²) < 4.78 is 5.79. The van der Waals surface area contributed by atoms with Crippen molar-refractivity contribution in [2.45, 2.75) is 6.92 Å². The maximum atomic E-state index is 5.79. The highest BCUT2D eigenvalue weighted by atomic mass is 16.5. The smallest absolute Gasteiger partial charge is 0.127 e. The van der Waals surface area contributed by atoms with Gasteiger partial charge in [0, 0.05) is 0 Å². The number of para-hydroxylation sites is 1. The third kappa shape index (κ3) is 2.72. The van der Waals surface area contributed by atoms with Gasteiger partial charge in [0.2, 0.25) is 0 Å². The first-order chi connectivity index (χ1) is 9.83. The van der Waals surface area contributed by atoms with Gasteiger partial charge >= 0.3 is 0 Å². The standard InChI is InChI=1S/C19H15O/c1-15-7-5-6-10-19(15)16-11-13-18(14-12-16)20-17-8-3-2-4-9-17/h2-6,8-14H,1H3. The zero-order valence-corrected chi connectivity index (χ0v) is 11.3. The summed E-state index contributed by atoms with van der Waals surface area (Å²) in [7, 11) is 0. The molecule has 1 radical (unpaired) electrons. The quantitative estimate of drug-likeness (QED) is 0.623. The second-order valence-electron chi connectivity index (χ2n) is 4.65. The van der Waals surface area contributed by atoms with Gasteiger partial charge in [0.15, 0.2) is 0 Å². The Morgan fingerprint density at radius 1 is 0.750 bits per heavy atom. The Morgan fingerprint density at radius 2 is 1.45 bits per heavy atom. The fourth-order valence-electron chi connectivity index (χ4n) is 2.16. The summed E-state index contributed by atoms with van der Waals surface area (Å²) in [6, 6.07) is 27.2. The Bertz CT molecular complexity index is 684. The highest BCUT2D eigenvalue weighted by Crippen LogP contribution is 2.27. The molecule has 0 heterocycles. The monoisotopic (exact) mass is 259 g/mol. The van der Waals surface area contributed by atoms with Crippen LogP contribution in [0.1, 0.15) is 5.56 Å². The van der Waals surface area contributed by atoms with E-state index in [0.717, 1.165) is 17.1 Å². The lowest BCUT2D eigenvalue weighted by molar-refractivity contribution is 0.483. The molecular weight excluding hydrogens is 244 g/mol. The minimum Gasteiger partial charge on any atom is -0.457 e. The summed E-state index contributed by atoms with van der Waals surface area (Å²) in [5.74, 6) is 1.70. The first-order valence-corrected chi connectivity index (χ1v) is 6.63. The number of benzene rings is 3. The highest BCUT2D eigenvalue weighted by Gasteiger charge is 2.02. The molecule has 20 heavy (non-hydrogen) atoms. The molecule has 0 aliphatic rings. The van der Waals surface area contributed by atoms with Crippen LogP contribution in [0.3, 0.4) is 0 Å². The molecule has 0 aliphatic carbocycles. The summed E-state index contributed by atoms with van der Waals surface area (Å²) in [5.41, 5.74) is 3.54. The summed E-state index contributed by atoms with van der Waals surface area (Å²) in [6.07, 6.45) is 0. The fraction of sp³-hybridized carbons (Fsp3) is 0.0526. The van der Waals surface area contributed by atoms with Crippen LogP contribution in [-0.4, -0.2) is 0 Å². The third-order valence-electron chi connectivity index (χ3n) is 3.21. The van der Waals surface area contributed by atoms with Crippen LogP contribution in [0.25, 0.3) is 11.1 Å². The molecule has 0 bridgehead atoms. The van der Waals surface area contributed by atoms with Crippen LogP contribution in [0.15, 0.2) is 72.8 Å². The van der Waals surface area contributed by atoms with Crippen molar-refractivity contribution in [2.24, 2.45) is 0 Å². The van der Waals surface area contributed by atoms with Crippen LogP contribution in [-0.2, 0) is 0 Å². The van der Waals surface area contributed by atoms with Crippen molar-refractivity contribution in [1.82, 2.24) is 0 Å². The molecule has 97 valence electrons. The van der Waals surface area contributed by atoms with Crippen LogP contribution in [0.4, 0.5) is 0 Å². The molecule has 0 amide bonds. The van der Waals surface area contributed by atoms with Gasteiger partial charge in [0.1, 0.15) is 11.5 Å². The Kier molecular flexibility index (Phi) is 3.51. The van der Waals surface area contributed by atoms with Gasteiger partial charge in [0.05, 0.1) is 0 Å². The molecule has 0 N–H and O–H groups in total. The molecule has 0 fully saturated rings. The van der Waals surface area contributed by atoms with Crippen molar-refractivity contribution in [3.63, 3.8) is 0 Å². The Balaban J connectivity index is 1.83. The first-order valence-electron chi connectivity index (χ1n) is 6.63. The van der Waals surface area contributed by atoms with E-state index >= 15 is 0 Å². The second-order valence-corrected chi connectivity index (χ2v) is 4.65. The van der Waals surface area contributed by atoms with Gasteiger partial charge < -0.3 is 4.74 Å². The summed E-state index contributed by atoms with van der Waals surface area (Å²) in [5, 5.41) is 0. The summed E-state index contributed by atoms with van der Waals surface area (Å²) >= 11 is 0. The van der Waals surface area contributed by atoms with Gasteiger partial charge in [-0.1, -0.05) is 48.5 Å². The predicted octanol–water partition coefficient (Wildman–Crippen LogP) is 5.25. The normalized spacial score (nSPS) is 10.2. The molecule has 3 aromatic carbocycles. The maximum absolute atomic E-state index is 5.79. The number of aryl methyl sites for hydroxylation is 1. The van der Waals surface area contributed by atoms with E-state index in [1.54, 1.807) is 0 Å². The zero-order valence-electron chi connectivity index (χ0n) is 11.3. The van der Waals surface area contributed by atoms with Crippen LogP contribution in [0, 0.1) is 13.0 Å². The van der Waals surface area contributed by atoms with Gasteiger partial charge in [0.25, 0.3) is 0 Å². The predicted molar refractivity (Wildman–Crippen MR) is 82.0 cm³/mol. The minimum atomic E-state index is 0.845. The van der Waals surface area contributed by atoms with Crippen LogP contribution >= 0.6 is 0 Å². The largest absolute Gasteiger partial charge is 0.457 e. The van der Waals surface area contributed by atoms with Gasteiger partial charge in [-0.3, -0.25) is 0 Å². The first kappa shape index (κ1) is 12.5. The van der Waals surface area contributed by atoms with E-state index in [1.165, 1.54) is 11.1 Å². The molecule has 0 aliphatic heterocycles. The molecule has 1 nitrogen and oxygen atoms in total. The lowest BCUT2D eigenvalue weighted by Gasteiger charge is -2.08. The Hall–Kier alpha value is -2.54.